The van der Waals surface area contributed by atoms with Crippen LogP contribution in [0.1, 0.15) is 58.6 Å². The van der Waals surface area contributed by atoms with Crippen LogP contribution in [0.4, 0.5) is 5.69 Å². The molecule has 1 unspecified atom stereocenters. The quantitative estimate of drug-likeness (QED) is 0.450. The molecule has 3 saturated carbocycles. The minimum absolute atomic E-state index is 0.0309. The van der Waals surface area contributed by atoms with E-state index in [9.17, 15) is 14.4 Å². The van der Waals surface area contributed by atoms with Crippen LogP contribution in [0, 0.1) is 23.2 Å². The van der Waals surface area contributed by atoms with Gasteiger partial charge in [-0.3, -0.25) is 19.4 Å². The smallest absolute Gasteiger partial charge is 0.308 e. The van der Waals surface area contributed by atoms with Crippen LogP contribution in [0.15, 0.2) is 40.0 Å². The molecule has 0 radical (unpaired) electrons. The molecular weight excluding hydrogens is 526 g/mol. The number of aromatic nitrogens is 3. The number of nitrogens with zero attached hydrogens (tertiary/aromatic N) is 3. The third-order valence-electron chi connectivity index (χ3n) is 8.09. The van der Waals surface area contributed by atoms with Gasteiger partial charge in [0.05, 0.1) is 31.0 Å². The lowest BCUT2D eigenvalue weighted by atomic mass is 9.45. The second-order valence-electron chi connectivity index (χ2n) is 10.5. The van der Waals surface area contributed by atoms with Crippen molar-refractivity contribution in [2.45, 2.75) is 65.6 Å². The fraction of sp³-hybridized carbons (Fsp3) is 0.577. The van der Waals surface area contributed by atoms with Crippen molar-refractivity contribution in [2.75, 3.05) is 11.9 Å². The number of carbonyl (C=O) groups excluding carboxylic acids is 2. The molecule has 0 aliphatic heterocycles. The zero-order valence-electron chi connectivity index (χ0n) is 21.2. The molecule has 3 aliphatic rings. The van der Waals surface area contributed by atoms with Crippen molar-refractivity contribution in [3.63, 3.8) is 0 Å². The Morgan fingerprint density at radius 1 is 1.28 bits per heavy atom. The molecule has 2 N–H and O–H groups in total. The monoisotopic (exact) mass is 559 g/mol. The minimum Gasteiger partial charge on any atom is -0.466 e. The number of hydrogen-bond acceptors (Lipinski definition) is 7. The van der Waals surface area contributed by atoms with Crippen molar-refractivity contribution >= 4 is 33.5 Å². The van der Waals surface area contributed by atoms with Crippen molar-refractivity contribution in [1.82, 2.24) is 20.1 Å². The number of carbonyl (C=O) groups is 2. The Hall–Kier alpha value is -2.75. The molecule has 5 atom stereocenters. The van der Waals surface area contributed by atoms with E-state index in [1.165, 1.54) is 6.42 Å². The van der Waals surface area contributed by atoms with Gasteiger partial charge in [-0.05, 0) is 76.6 Å². The molecule has 3 aliphatic carbocycles. The van der Waals surface area contributed by atoms with Crippen LogP contribution in [0.3, 0.4) is 0 Å². The molecule has 2 aromatic heterocycles. The Balaban J connectivity index is 1.43. The Kier molecular flexibility index (Phi) is 7.82. The number of rotatable bonds is 9. The summed E-state index contributed by atoms with van der Waals surface area (Å²) in [6, 6.07) is 3.12. The fourth-order valence-electron chi connectivity index (χ4n) is 5.83. The largest absolute Gasteiger partial charge is 0.466 e. The molecule has 2 bridgehead atoms. The predicted octanol–water partition coefficient (Wildman–Crippen LogP) is 3.69. The van der Waals surface area contributed by atoms with E-state index in [1.54, 1.807) is 37.6 Å². The lowest BCUT2D eigenvalue weighted by Gasteiger charge is -2.62. The normalized spacial score (nSPS) is 24.8. The standard InChI is InChI=1S/C26H34BrN5O4/c1-5-36-23(34)12-20(16-6-8-28-9-7-16)31-22(33)14-32-25(35)24(27)21(13-29-32)30-19-11-17-10-18(15(19)2)26(17,3)4/h6-9,13,15,17-20,30H,5,10-12,14H2,1-4H3,(H,31,33)/t15-,17-,18+,19-,20?/m1/s1. The maximum Gasteiger partial charge on any atom is 0.308 e. The Morgan fingerprint density at radius 2 is 2.00 bits per heavy atom. The second-order valence-corrected chi connectivity index (χ2v) is 11.2. The van der Waals surface area contributed by atoms with Crippen LogP contribution < -0.4 is 16.2 Å². The van der Waals surface area contributed by atoms with Crippen molar-refractivity contribution < 1.29 is 14.3 Å². The highest BCUT2D eigenvalue weighted by atomic mass is 79.9. The summed E-state index contributed by atoms with van der Waals surface area (Å²) < 4.78 is 6.51. The van der Waals surface area contributed by atoms with E-state index >= 15 is 0 Å². The minimum atomic E-state index is -0.608. The van der Waals surface area contributed by atoms with Crippen LogP contribution in [-0.2, 0) is 20.9 Å². The number of amides is 1. The molecule has 10 heteroatoms. The summed E-state index contributed by atoms with van der Waals surface area (Å²) in [5, 5.41) is 10.6. The van der Waals surface area contributed by atoms with Gasteiger partial charge in [0.25, 0.3) is 5.56 Å². The third kappa shape index (κ3) is 5.33. The van der Waals surface area contributed by atoms with Crippen molar-refractivity contribution in [1.29, 1.82) is 0 Å². The first-order chi connectivity index (χ1) is 17.1. The van der Waals surface area contributed by atoms with E-state index in [2.05, 4.69) is 57.4 Å². The Labute approximate surface area is 219 Å². The summed E-state index contributed by atoms with van der Waals surface area (Å²) in [4.78, 5) is 41.9. The van der Waals surface area contributed by atoms with E-state index in [4.69, 9.17) is 4.74 Å². The fourth-order valence-corrected chi connectivity index (χ4v) is 6.25. The lowest BCUT2D eigenvalue weighted by molar-refractivity contribution is -0.143. The number of anilines is 1. The first-order valence-electron chi connectivity index (χ1n) is 12.5. The van der Waals surface area contributed by atoms with Gasteiger partial charge < -0.3 is 15.4 Å². The first kappa shape index (κ1) is 26.3. The zero-order chi connectivity index (χ0) is 26.0. The van der Waals surface area contributed by atoms with Crippen LogP contribution in [0.25, 0.3) is 0 Å². The van der Waals surface area contributed by atoms with Crippen LogP contribution in [-0.4, -0.2) is 39.3 Å². The molecule has 0 aromatic carbocycles. The van der Waals surface area contributed by atoms with Gasteiger partial charge in [-0.25, -0.2) is 4.68 Å². The third-order valence-corrected chi connectivity index (χ3v) is 8.86. The number of hydrogen-bond donors (Lipinski definition) is 2. The van der Waals surface area contributed by atoms with Gasteiger partial charge >= 0.3 is 5.97 Å². The number of halogens is 1. The molecule has 2 heterocycles. The van der Waals surface area contributed by atoms with Crippen LogP contribution in [0.5, 0.6) is 0 Å². The molecule has 5 rings (SSSR count). The highest BCUT2D eigenvalue weighted by Gasteiger charge is 2.56. The van der Waals surface area contributed by atoms with E-state index in [1.807, 2.05) is 0 Å². The Bertz CT molecular complexity index is 1170. The molecular formula is C26H34BrN5O4. The van der Waals surface area contributed by atoms with Crippen molar-refractivity contribution in [2.24, 2.45) is 23.2 Å². The van der Waals surface area contributed by atoms with Gasteiger partial charge in [0, 0.05) is 18.4 Å². The molecule has 3 fully saturated rings. The summed E-state index contributed by atoms with van der Waals surface area (Å²) in [6.07, 6.45) is 7.09. The van der Waals surface area contributed by atoms with Gasteiger partial charge in [-0.1, -0.05) is 20.8 Å². The SMILES string of the molecule is CCOC(=O)CC(NC(=O)Cn1ncc(N[C@@H]2C[C@H]3C[C@@H]([C@H]2C)C3(C)C)c(Br)c1=O)c1ccncc1. The molecule has 36 heavy (non-hydrogen) atoms. The molecule has 0 saturated heterocycles. The van der Waals surface area contributed by atoms with Gasteiger partial charge in [0.15, 0.2) is 0 Å². The topological polar surface area (TPSA) is 115 Å². The molecule has 1 amide bonds. The molecule has 2 aromatic rings. The van der Waals surface area contributed by atoms with Crippen LogP contribution >= 0.6 is 15.9 Å². The average Bonchev–Trinajstić information content (AvgIpc) is 2.84. The highest BCUT2D eigenvalue weighted by molar-refractivity contribution is 9.10. The van der Waals surface area contributed by atoms with Crippen LogP contribution in [0.2, 0.25) is 0 Å². The van der Waals surface area contributed by atoms with Crippen molar-refractivity contribution in [3.05, 3.63) is 51.1 Å². The van der Waals surface area contributed by atoms with E-state index in [0.717, 1.165) is 16.7 Å². The highest BCUT2D eigenvalue weighted by Crippen LogP contribution is 2.61. The summed E-state index contributed by atoms with van der Waals surface area (Å²) in [6.45, 7) is 8.69. The second kappa shape index (κ2) is 10.7. The summed E-state index contributed by atoms with van der Waals surface area (Å²) in [5.74, 6) is 0.995. The average molecular weight is 560 g/mol. The zero-order valence-corrected chi connectivity index (χ0v) is 22.7. The summed E-state index contributed by atoms with van der Waals surface area (Å²) in [7, 11) is 0. The van der Waals surface area contributed by atoms with Gasteiger partial charge in [-0.2, -0.15) is 5.10 Å². The number of nitrogens with one attached hydrogen (secondary N) is 2. The number of ether oxygens (including phenoxy) is 1. The van der Waals surface area contributed by atoms with Crippen molar-refractivity contribution in [3.8, 4) is 0 Å². The molecule has 194 valence electrons. The number of esters is 1. The molecule has 9 nitrogen and oxygen atoms in total. The summed E-state index contributed by atoms with van der Waals surface area (Å²) in [5.41, 5.74) is 1.35. The maximum absolute atomic E-state index is 13.0. The maximum atomic E-state index is 13.0. The van der Waals surface area contributed by atoms with Gasteiger partial charge in [0.1, 0.15) is 11.0 Å². The van der Waals surface area contributed by atoms with Gasteiger partial charge in [0.2, 0.25) is 5.91 Å². The number of pyridine rings is 1. The molecule has 0 spiro atoms. The van der Waals surface area contributed by atoms with E-state index in [0.29, 0.717) is 33.3 Å². The first-order valence-corrected chi connectivity index (χ1v) is 13.3. The summed E-state index contributed by atoms with van der Waals surface area (Å²) >= 11 is 3.42. The Morgan fingerprint density at radius 3 is 2.64 bits per heavy atom. The number of fused-ring (bicyclic) bond motifs is 2. The predicted molar refractivity (Wildman–Crippen MR) is 139 cm³/mol. The van der Waals surface area contributed by atoms with Gasteiger partial charge in [-0.15, -0.1) is 0 Å². The lowest BCUT2D eigenvalue weighted by Crippen LogP contribution is -2.58. The van der Waals surface area contributed by atoms with E-state index < -0.39 is 23.5 Å². The van der Waals surface area contributed by atoms with E-state index in [-0.39, 0.29) is 25.6 Å².